The maximum Gasteiger partial charge on any atom is 0.0152 e. The van der Waals surface area contributed by atoms with Crippen molar-refractivity contribution in [3.63, 3.8) is 0 Å². The van der Waals surface area contributed by atoms with E-state index in [1.54, 1.807) is 0 Å². The molecule has 1 atom stereocenters. The van der Waals surface area contributed by atoms with Gasteiger partial charge in [0.15, 0.2) is 0 Å². The first kappa shape index (κ1) is 12.6. The standard InChI is InChI=1S/C14H21Cl/c1-9(8-10(2)15)11(3)12(4)13(5)14-6-7-14/h8,13-14H,4,6-7H2,1-3,5H3/b10-8+,11-9-. The maximum absolute atomic E-state index is 5.87. The Morgan fingerprint density at radius 1 is 1.33 bits per heavy atom. The first-order valence-corrected chi connectivity index (χ1v) is 6.01. The summed E-state index contributed by atoms with van der Waals surface area (Å²) < 4.78 is 0. The van der Waals surface area contributed by atoms with Gasteiger partial charge in [0.05, 0.1) is 0 Å². The lowest BCUT2D eigenvalue weighted by molar-refractivity contribution is 0.598. The van der Waals surface area contributed by atoms with Crippen LogP contribution in [-0.4, -0.2) is 0 Å². The third-order valence-electron chi connectivity index (χ3n) is 3.37. The summed E-state index contributed by atoms with van der Waals surface area (Å²) in [6.45, 7) is 12.7. The van der Waals surface area contributed by atoms with Gasteiger partial charge in [0.2, 0.25) is 0 Å². The average Bonchev–Trinajstić information content (AvgIpc) is 2.96. The highest BCUT2D eigenvalue weighted by atomic mass is 35.5. The molecule has 1 heteroatoms. The lowest BCUT2D eigenvalue weighted by Crippen LogP contribution is -2.02. The smallest absolute Gasteiger partial charge is 0.0152 e. The molecule has 0 aromatic heterocycles. The van der Waals surface area contributed by atoms with Gasteiger partial charge in [0.1, 0.15) is 0 Å². The van der Waals surface area contributed by atoms with Crippen molar-refractivity contribution in [3.8, 4) is 0 Å². The molecule has 1 aliphatic carbocycles. The highest BCUT2D eigenvalue weighted by Crippen LogP contribution is 2.41. The van der Waals surface area contributed by atoms with Crippen LogP contribution >= 0.6 is 11.6 Å². The third-order valence-corrected chi connectivity index (χ3v) is 3.48. The summed E-state index contributed by atoms with van der Waals surface area (Å²) in [6, 6.07) is 0. The zero-order valence-corrected chi connectivity index (χ0v) is 11.0. The van der Waals surface area contributed by atoms with E-state index in [4.69, 9.17) is 11.6 Å². The van der Waals surface area contributed by atoms with Crippen LogP contribution in [0.25, 0.3) is 0 Å². The zero-order valence-electron chi connectivity index (χ0n) is 10.2. The quantitative estimate of drug-likeness (QED) is 0.585. The van der Waals surface area contributed by atoms with Crippen molar-refractivity contribution in [1.29, 1.82) is 0 Å². The Hall–Kier alpha value is -0.490. The summed E-state index contributed by atoms with van der Waals surface area (Å²) in [4.78, 5) is 0. The minimum atomic E-state index is 0.629. The fraction of sp³-hybridized carbons (Fsp3) is 0.571. The van der Waals surface area contributed by atoms with Gasteiger partial charge in [-0.05, 0) is 68.2 Å². The Balaban J connectivity index is 2.77. The first-order chi connectivity index (χ1) is 6.93. The largest absolute Gasteiger partial charge is 0.0953 e. The number of hydrogen-bond donors (Lipinski definition) is 0. The fourth-order valence-electron chi connectivity index (χ4n) is 1.88. The van der Waals surface area contributed by atoms with Gasteiger partial charge in [0.25, 0.3) is 0 Å². The second-order valence-electron chi connectivity index (χ2n) is 4.69. The van der Waals surface area contributed by atoms with Gasteiger partial charge < -0.3 is 0 Å². The molecule has 1 aliphatic rings. The second-order valence-corrected chi connectivity index (χ2v) is 5.29. The molecular formula is C14H21Cl. The molecule has 15 heavy (non-hydrogen) atoms. The Bertz CT molecular complexity index is 312. The van der Waals surface area contributed by atoms with E-state index in [0.717, 1.165) is 11.0 Å². The Morgan fingerprint density at radius 2 is 1.87 bits per heavy atom. The molecule has 0 spiro atoms. The summed E-state index contributed by atoms with van der Waals surface area (Å²) in [5, 5.41) is 0.832. The minimum absolute atomic E-state index is 0.629. The molecule has 1 saturated carbocycles. The molecular weight excluding hydrogens is 204 g/mol. The summed E-state index contributed by atoms with van der Waals surface area (Å²) in [5.74, 6) is 1.50. The molecule has 0 saturated heterocycles. The van der Waals surface area contributed by atoms with Gasteiger partial charge in [0, 0.05) is 5.03 Å². The van der Waals surface area contributed by atoms with E-state index >= 15 is 0 Å². The predicted molar refractivity (Wildman–Crippen MR) is 69.0 cm³/mol. The maximum atomic E-state index is 5.87. The van der Waals surface area contributed by atoms with Crippen LogP contribution in [0, 0.1) is 11.8 Å². The van der Waals surface area contributed by atoms with Crippen LogP contribution in [0.5, 0.6) is 0 Å². The molecule has 0 aromatic carbocycles. The van der Waals surface area contributed by atoms with Crippen LogP contribution in [0.4, 0.5) is 0 Å². The van der Waals surface area contributed by atoms with Crippen molar-refractivity contribution in [2.75, 3.05) is 0 Å². The van der Waals surface area contributed by atoms with Crippen molar-refractivity contribution in [3.05, 3.63) is 34.4 Å². The summed E-state index contributed by atoms with van der Waals surface area (Å²) >= 11 is 5.87. The van der Waals surface area contributed by atoms with Gasteiger partial charge in [-0.3, -0.25) is 0 Å². The SMILES string of the molecule is C=C(/C(C)=C(C)\C=C(/C)Cl)C(C)C1CC1. The molecule has 1 unspecified atom stereocenters. The summed E-state index contributed by atoms with van der Waals surface area (Å²) in [5.41, 5.74) is 3.82. The highest BCUT2D eigenvalue weighted by molar-refractivity contribution is 6.29. The van der Waals surface area contributed by atoms with Crippen molar-refractivity contribution < 1.29 is 0 Å². The van der Waals surface area contributed by atoms with E-state index in [2.05, 4.69) is 27.4 Å². The topological polar surface area (TPSA) is 0 Å². The van der Waals surface area contributed by atoms with E-state index in [1.165, 1.54) is 29.6 Å². The van der Waals surface area contributed by atoms with Crippen LogP contribution in [-0.2, 0) is 0 Å². The summed E-state index contributed by atoms with van der Waals surface area (Å²) in [6.07, 6.45) is 4.76. The number of rotatable bonds is 4. The van der Waals surface area contributed by atoms with Crippen molar-refractivity contribution >= 4 is 11.6 Å². The summed E-state index contributed by atoms with van der Waals surface area (Å²) in [7, 11) is 0. The van der Waals surface area contributed by atoms with Gasteiger partial charge in [-0.15, -0.1) is 0 Å². The molecule has 0 N–H and O–H groups in total. The predicted octanol–water partition coefficient (Wildman–Crippen LogP) is 5.07. The monoisotopic (exact) mass is 224 g/mol. The van der Waals surface area contributed by atoms with Crippen molar-refractivity contribution in [2.24, 2.45) is 11.8 Å². The van der Waals surface area contributed by atoms with Crippen LogP contribution in [0.3, 0.4) is 0 Å². The number of allylic oxidation sites excluding steroid dienone is 5. The molecule has 1 rings (SSSR count). The molecule has 84 valence electrons. The molecule has 0 aliphatic heterocycles. The molecule has 0 nitrogen and oxygen atoms in total. The van der Waals surface area contributed by atoms with Crippen molar-refractivity contribution in [2.45, 2.75) is 40.5 Å². The highest BCUT2D eigenvalue weighted by Gasteiger charge is 2.29. The minimum Gasteiger partial charge on any atom is -0.0953 e. The number of hydrogen-bond acceptors (Lipinski definition) is 0. The molecule has 0 amide bonds. The van der Waals surface area contributed by atoms with E-state index in [0.29, 0.717) is 5.92 Å². The van der Waals surface area contributed by atoms with Gasteiger partial charge in [-0.2, -0.15) is 0 Å². The van der Waals surface area contributed by atoms with Gasteiger partial charge in [-0.1, -0.05) is 25.1 Å². The zero-order chi connectivity index (χ0) is 11.6. The van der Waals surface area contributed by atoms with E-state index in [9.17, 15) is 0 Å². The number of halogens is 1. The third kappa shape index (κ3) is 3.53. The van der Waals surface area contributed by atoms with Crippen LogP contribution in [0.2, 0.25) is 0 Å². The average molecular weight is 225 g/mol. The molecule has 0 bridgehead atoms. The van der Waals surface area contributed by atoms with Gasteiger partial charge in [-0.25, -0.2) is 0 Å². The fourth-order valence-corrected chi connectivity index (χ4v) is 2.05. The normalized spacial score (nSPS) is 21.0. The Labute approximate surface area is 98.7 Å². The Kier molecular flexibility index (Phi) is 4.21. The van der Waals surface area contributed by atoms with Crippen LogP contribution < -0.4 is 0 Å². The van der Waals surface area contributed by atoms with E-state index < -0.39 is 0 Å². The molecule has 0 heterocycles. The Morgan fingerprint density at radius 3 is 2.27 bits per heavy atom. The molecule has 0 radical (unpaired) electrons. The van der Waals surface area contributed by atoms with Crippen molar-refractivity contribution in [1.82, 2.24) is 0 Å². The van der Waals surface area contributed by atoms with Crippen LogP contribution in [0.15, 0.2) is 34.4 Å². The van der Waals surface area contributed by atoms with E-state index in [1.807, 2.05) is 13.0 Å². The lowest BCUT2D eigenvalue weighted by atomic mass is 9.90. The van der Waals surface area contributed by atoms with Gasteiger partial charge >= 0.3 is 0 Å². The molecule has 1 fully saturated rings. The van der Waals surface area contributed by atoms with Crippen LogP contribution in [0.1, 0.15) is 40.5 Å². The van der Waals surface area contributed by atoms with E-state index in [-0.39, 0.29) is 0 Å². The molecule has 0 aromatic rings. The lowest BCUT2D eigenvalue weighted by Gasteiger charge is -2.16. The second kappa shape index (κ2) is 5.03. The first-order valence-electron chi connectivity index (χ1n) is 5.64.